The Morgan fingerprint density at radius 1 is 1.19 bits per heavy atom. The average Bonchev–Trinajstić information content (AvgIpc) is 3.26. The van der Waals surface area contributed by atoms with Crippen molar-refractivity contribution in [3.8, 4) is 0 Å². The Labute approximate surface area is 254 Å². The number of halogens is 4. The van der Waals surface area contributed by atoms with Gasteiger partial charge in [0.05, 0.1) is 0 Å². The number of hydrogen-bond donors (Lipinski definition) is 2. The quantitative estimate of drug-likeness (QED) is 0.316. The Kier molecular flexibility index (Phi) is 10.7. The van der Waals surface area contributed by atoms with Gasteiger partial charge >= 0.3 is 23.9 Å². The molecule has 1 aromatic heterocycles. The number of amides is 1. The summed E-state index contributed by atoms with van der Waals surface area (Å²) in [5, 5.41) is 2.95. The molecule has 16 heteroatoms. The lowest BCUT2D eigenvalue weighted by Crippen LogP contribution is -2.48. The minimum Gasteiger partial charge on any atom is -0.480 e. The molecule has 11 nitrogen and oxygen atoms in total. The molecule has 0 radical (unpaired) electrons. The summed E-state index contributed by atoms with van der Waals surface area (Å²) in [4.78, 5) is 51.5. The van der Waals surface area contributed by atoms with E-state index >= 15 is 0 Å². The molecule has 2 aromatic rings. The van der Waals surface area contributed by atoms with Gasteiger partial charge in [0.1, 0.15) is 42.2 Å². The summed E-state index contributed by atoms with van der Waals surface area (Å²) in [7, 11) is 0. The van der Waals surface area contributed by atoms with Crippen LogP contribution in [0.5, 0.6) is 0 Å². The number of benzene rings is 1. The van der Waals surface area contributed by atoms with Crippen molar-refractivity contribution >= 4 is 40.9 Å². The lowest BCUT2D eigenvalue weighted by atomic mass is 10.0. The van der Waals surface area contributed by atoms with Crippen molar-refractivity contribution in [2.45, 2.75) is 77.3 Å². The molecule has 1 aliphatic rings. The van der Waals surface area contributed by atoms with E-state index in [1.807, 2.05) is 0 Å². The highest BCUT2D eigenvalue weighted by Crippen LogP contribution is 2.33. The highest BCUT2D eigenvalue weighted by Gasteiger charge is 2.43. The molecular formula is C27H31ClF3N3O8S. The first-order valence-corrected chi connectivity index (χ1v) is 13.8. The molecule has 0 bridgehead atoms. The van der Waals surface area contributed by atoms with E-state index in [9.17, 15) is 32.3 Å². The SMILES string of the molecule is CC(C)[C@H](NC(=O)OC(C)(C)C)C(=O)O[C@H]1C[C@H](n2cc(C(F)(F)F)c(=O)[nH]c2=O)O[C@@H]1COC(=S)c1ccc(Cl)cc1. The van der Waals surface area contributed by atoms with Gasteiger partial charge in [0, 0.05) is 23.2 Å². The first kappa shape index (κ1) is 34.1. The largest absolute Gasteiger partial charge is 0.480 e. The van der Waals surface area contributed by atoms with E-state index in [2.05, 4.69) is 5.32 Å². The zero-order chi connectivity index (χ0) is 32.3. The van der Waals surface area contributed by atoms with E-state index in [4.69, 9.17) is 42.8 Å². The predicted octanol–water partition coefficient (Wildman–Crippen LogP) is 4.35. The molecular weight excluding hydrogens is 619 g/mol. The lowest BCUT2D eigenvalue weighted by Gasteiger charge is -2.26. The molecule has 2 N–H and O–H groups in total. The Balaban J connectivity index is 1.87. The van der Waals surface area contributed by atoms with Crippen LogP contribution >= 0.6 is 23.8 Å². The lowest BCUT2D eigenvalue weighted by molar-refractivity contribution is -0.156. The van der Waals surface area contributed by atoms with Crippen molar-refractivity contribution in [3.63, 3.8) is 0 Å². The van der Waals surface area contributed by atoms with Gasteiger partial charge in [-0.2, -0.15) is 13.2 Å². The van der Waals surface area contributed by atoms with Gasteiger partial charge in [-0.3, -0.25) is 14.3 Å². The Morgan fingerprint density at radius 2 is 1.81 bits per heavy atom. The maximum absolute atomic E-state index is 13.4. The molecule has 0 spiro atoms. The molecule has 2 heterocycles. The molecule has 1 saturated heterocycles. The number of esters is 1. The van der Waals surface area contributed by atoms with Crippen LogP contribution < -0.4 is 16.6 Å². The van der Waals surface area contributed by atoms with Crippen LogP contribution in [0.4, 0.5) is 18.0 Å². The highest BCUT2D eigenvalue weighted by atomic mass is 35.5. The topological polar surface area (TPSA) is 138 Å². The number of carbonyl (C=O) groups excluding carboxylic acids is 2. The third-order valence-corrected chi connectivity index (χ3v) is 6.69. The van der Waals surface area contributed by atoms with Gasteiger partial charge in [0.15, 0.2) is 5.05 Å². The summed E-state index contributed by atoms with van der Waals surface area (Å²) < 4.78 is 63.1. The van der Waals surface area contributed by atoms with Crippen LogP contribution in [0.3, 0.4) is 0 Å². The van der Waals surface area contributed by atoms with Crippen molar-refractivity contribution in [2.75, 3.05) is 6.61 Å². The Bertz CT molecular complexity index is 1450. The van der Waals surface area contributed by atoms with Crippen LogP contribution in [0.15, 0.2) is 40.1 Å². The van der Waals surface area contributed by atoms with E-state index in [-0.39, 0.29) is 18.1 Å². The van der Waals surface area contributed by atoms with Crippen LogP contribution in [0.25, 0.3) is 0 Å². The highest BCUT2D eigenvalue weighted by molar-refractivity contribution is 7.80. The summed E-state index contributed by atoms with van der Waals surface area (Å²) in [6.07, 6.45) is -9.56. The molecule has 1 aliphatic heterocycles. The molecule has 0 saturated carbocycles. The third kappa shape index (κ3) is 9.28. The molecule has 0 aliphatic carbocycles. The van der Waals surface area contributed by atoms with Gasteiger partial charge in [-0.1, -0.05) is 25.4 Å². The van der Waals surface area contributed by atoms with E-state index in [0.717, 1.165) is 0 Å². The molecule has 1 aromatic carbocycles. The van der Waals surface area contributed by atoms with Gasteiger partial charge in [0.2, 0.25) is 0 Å². The third-order valence-electron chi connectivity index (χ3n) is 6.08. The molecule has 43 heavy (non-hydrogen) atoms. The number of nitrogens with zero attached hydrogens (tertiary/aromatic N) is 1. The fraction of sp³-hybridized carbons (Fsp3) is 0.519. The number of H-pyrrole nitrogens is 1. The van der Waals surface area contributed by atoms with Crippen LogP contribution in [0.2, 0.25) is 5.02 Å². The maximum atomic E-state index is 13.4. The van der Waals surface area contributed by atoms with Crippen LogP contribution in [0, 0.1) is 5.92 Å². The molecule has 236 valence electrons. The number of thiocarbonyl (C=S) groups is 1. The fourth-order valence-corrected chi connectivity index (χ4v) is 4.36. The van der Waals surface area contributed by atoms with Crippen molar-refractivity contribution in [2.24, 2.45) is 5.92 Å². The maximum Gasteiger partial charge on any atom is 0.423 e. The van der Waals surface area contributed by atoms with Gasteiger partial charge in [-0.05, 0) is 63.2 Å². The van der Waals surface area contributed by atoms with E-state index in [1.165, 1.54) is 0 Å². The number of aromatic nitrogens is 2. The summed E-state index contributed by atoms with van der Waals surface area (Å²) in [6, 6.07) is 5.22. The first-order chi connectivity index (χ1) is 19.9. The number of alkyl halides is 3. The molecule has 4 atom stereocenters. The van der Waals surface area contributed by atoms with Crippen molar-refractivity contribution in [1.29, 1.82) is 0 Å². The zero-order valence-corrected chi connectivity index (χ0v) is 25.4. The second-order valence-corrected chi connectivity index (χ2v) is 11.8. The van der Waals surface area contributed by atoms with Crippen LogP contribution in [-0.2, 0) is 29.9 Å². The molecule has 1 amide bonds. The second-order valence-electron chi connectivity index (χ2n) is 11.0. The summed E-state index contributed by atoms with van der Waals surface area (Å²) in [5.41, 5.74) is -4.75. The van der Waals surface area contributed by atoms with Gasteiger partial charge in [-0.25, -0.2) is 14.4 Å². The van der Waals surface area contributed by atoms with Crippen molar-refractivity contribution in [3.05, 3.63) is 67.4 Å². The van der Waals surface area contributed by atoms with E-state index in [1.54, 1.807) is 63.9 Å². The average molecular weight is 650 g/mol. The Hall–Kier alpha value is -3.43. The van der Waals surface area contributed by atoms with Gasteiger partial charge < -0.3 is 24.3 Å². The first-order valence-electron chi connectivity index (χ1n) is 13.1. The zero-order valence-electron chi connectivity index (χ0n) is 23.8. The number of alkyl carbamates (subject to hydrolysis) is 1. The summed E-state index contributed by atoms with van der Waals surface area (Å²) in [6.45, 7) is 7.92. The normalized spacial score (nSPS) is 19.5. The molecule has 0 unspecified atom stereocenters. The standard InChI is InChI=1S/C27H31ClF3N3O8S/c1-13(2)20(32-25(38)42-26(3,4)5)22(36)41-17-10-19(34-11-16(27(29,30)31)21(35)33-24(34)37)40-18(17)12-39-23(43)14-6-8-15(28)9-7-14/h6-9,11,13,17-20H,10,12H2,1-5H3,(H,32,38)(H,33,35,37)/t17-,18+,19+,20-/m0/s1. The predicted molar refractivity (Wildman–Crippen MR) is 152 cm³/mol. The smallest absolute Gasteiger partial charge is 0.423 e. The Morgan fingerprint density at radius 3 is 2.37 bits per heavy atom. The number of rotatable bonds is 8. The van der Waals surface area contributed by atoms with Gasteiger partial charge in [-0.15, -0.1) is 0 Å². The summed E-state index contributed by atoms with van der Waals surface area (Å²) >= 11 is 11.2. The monoisotopic (exact) mass is 649 g/mol. The van der Waals surface area contributed by atoms with Gasteiger partial charge in [0.25, 0.3) is 5.56 Å². The van der Waals surface area contributed by atoms with Crippen molar-refractivity contribution < 1.29 is 41.7 Å². The fourth-order valence-electron chi connectivity index (χ4n) is 4.03. The minimum absolute atomic E-state index is 0.0287. The number of carbonyl (C=O) groups is 2. The van der Waals surface area contributed by atoms with Crippen LogP contribution in [-0.4, -0.2) is 57.1 Å². The van der Waals surface area contributed by atoms with Crippen LogP contribution in [0.1, 0.15) is 58.4 Å². The van der Waals surface area contributed by atoms with E-state index < -0.39 is 71.0 Å². The molecule has 3 rings (SSSR count). The second kappa shape index (κ2) is 13.5. The number of hydrogen-bond acceptors (Lipinski definition) is 9. The molecule has 1 fully saturated rings. The number of aromatic amines is 1. The van der Waals surface area contributed by atoms with Crippen molar-refractivity contribution in [1.82, 2.24) is 14.9 Å². The number of nitrogens with one attached hydrogen (secondary N) is 2. The minimum atomic E-state index is -5.06. The van der Waals surface area contributed by atoms with E-state index in [0.29, 0.717) is 21.4 Å². The number of ether oxygens (including phenoxy) is 4. The summed E-state index contributed by atoms with van der Waals surface area (Å²) in [5.74, 6) is -1.34.